The van der Waals surface area contributed by atoms with E-state index in [1.165, 1.54) is 25.6 Å². The molecule has 0 bridgehead atoms. The van der Waals surface area contributed by atoms with Crippen LogP contribution in [0.5, 0.6) is 11.5 Å². The lowest BCUT2D eigenvalue weighted by Crippen LogP contribution is -2.22. The summed E-state index contributed by atoms with van der Waals surface area (Å²) in [7, 11) is 3.03. The molecule has 26 heavy (non-hydrogen) atoms. The average molecular weight is 496 g/mol. The number of thiophene rings is 1. The number of hydrogen-bond donors (Lipinski definition) is 0. The van der Waals surface area contributed by atoms with Gasteiger partial charge in [0.1, 0.15) is 11.5 Å². The molecule has 3 aromatic rings. The van der Waals surface area contributed by atoms with Crippen LogP contribution in [-0.2, 0) is 0 Å². The predicted octanol–water partition coefficient (Wildman–Crippen LogP) is 5.48. The van der Waals surface area contributed by atoms with Gasteiger partial charge in [-0.05, 0) is 10.9 Å². The normalized spacial score (nSPS) is 13.1. The molecular weight excluding hydrogens is 484 g/mol. The van der Waals surface area contributed by atoms with Crippen molar-refractivity contribution in [1.82, 2.24) is 0 Å². The summed E-state index contributed by atoms with van der Waals surface area (Å²) < 4.78 is 11.9. The molecule has 1 aliphatic carbocycles. The minimum absolute atomic E-state index is 0.123. The van der Waals surface area contributed by atoms with E-state index in [4.69, 9.17) is 9.47 Å². The van der Waals surface area contributed by atoms with Gasteiger partial charge in [-0.25, -0.2) is 0 Å². The Kier molecular flexibility index (Phi) is 4.41. The molecule has 2 aromatic carbocycles. The van der Waals surface area contributed by atoms with E-state index in [2.05, 4.69) is 31.9 Å². The summed E-state index contributed by atoms with van der Waals surface area (Å²) in [6, 6.07) is 6.84. The summed E-state index contributed by atoms with van der Waals surface area (Å²) in [5.74, 6) is 0.367. The monoisotopic (exact) mass is 494 g/mol. The molecule has 1 heterocycles. The van der Waals surface area contributed by atoms with Crippen LogP contribution in [0.4, 0.5) is 0 Å². The Morgan fingerprint density at radius 2 is 1.46 bits per heavy atom. The van der Waals surface area contributed by atoms with Gasteiger partial charge < -0.3 is 9.47 Å². The molecule has 0 amide bonds. The highest BCUT2D eigenvalue weighted by Crippen LogP contribution is 2.51. The maximum absolute atomic E-state index is 13.2. The zero-order valence-electron chi connectivity index (χ0n) is 13.8. The van der Waals surface area contributed by atoms with E-state index in [1.54, 1.807) is 24.3 Å². The van der Waals surface area contributed by atoms with Gasteiger partial charge in [0.15, 0.2) is 11.6 Å². The van der Waals surface area contributed by atoms with Crippen molar-refractivity contribution in [2.75, 3.05) is 14.2 Å². The van der Waals surface area contributed by atoms with Crippen LogP contribution in [0.3, 0.4) is 0 Å². The quantitative estimate of drug-likeness (QED) is 0.353. The second-order valence-electron chi connectivity index (χ2n) is 5.72. The van der Waals surface area contributed by atoms with Crippen LogP contribution in [-0.4, -0.2) is 25.8 Å². The highest BCUT2D eigenvalue weighted by Gasteiger charge is 2.38. The van der Waals surface area contributed by atoms with Crippen LogP contribution >= 0.6 is 43.2 Å². The SMILES string of the molecule is COc1c2c(c(OC)c3c(C(Br)Br)csc13)C(=O)c1ccccc1C2=O. The van der Waals surface area contributed by atoms with E-state index < -0.39 is 0 Å². The Balaban J connectivity index is 2.20. The molecular formula is C19H12Br2O4S. The Hall–Kier alpha value is -1.70. The van der Waals surface area contributed by atoms with E-state index in [0.717, 1.165) is 15.6 Å². The molecule has 132 valence electrons. The number of rotatable bonds is 3. The summed E-state index contributed by atoms with van der Waals surface area (Å²) in [6.45, 7) is 0. The van der Waals surface area contributed by atoms with Gasteiger partial charge in [0.2, 0.25) is 0 Å². The summed E-state index contributed by atoms with van der Waals surface area (Å²) in [5.41, 5.74) is 2.23. The maximum Gasteiger partial charge on any atom is 0.198 e. The summed E-state index contributed by atoms with van der Waals surface area (Å²) in [4.78, 5) is 26.4. The highest BCUT2D eigenvalue weighted by atomic mass is 79.9. The van der Waals surface area contributed by atoms with Gasteiger partial charge in [0.05, 0.1) is 33.8 Å². The van der Waals surface area contributed by atoms with E-state index in [1.807, 2.05) is 5.38 Å². The van der Waals surface area contributed by atoms with Gasteiger partial charge in [0.25, 0.3) is 0 Å². The Morgan fingerprint density at radius 3 is 1.96 bits per heavy atom. The minimum Gasteiger partial charge on any atom is -0.495 e. The molecule has 0 N–H and O–H groups in total. The van der Waals surface area contributed by atoms with Gasteiger partial charge in [-0.1, -0.05) is 56.1 Å². The third-order valence-electron chi connectivity index (χ3n) is 4.47. The van der Waals surface area contributed by atoms with Crippen LogP contribution in [0.2, 0.25) is 0 Å². The van der Waals surface area contributed by atoms with E-state index >= 15 is 0 Å². The van der Waals surface area contributed by atoms with Gasteiger partial charge in [-0.2, -0.15) is 0 Å². The van der Waals surface area contributed by atoms with Crippen LogP contribution in [0.25, 0.3) is 10.1 Å². The fraction of sp³-hybridized carbons (Fsp3) is 0.158. The molecule has 7 heteroatoms. The van der Waals surface area contributed by atoms with E-state index in [9.17, 15) is 9.59 Å². The lowest BCUT2D eigenvalue weighted by Gasteiger charge is -2.23. The number of fused-ring (bicyclic) bond motifs is 3. The molecule has 0 atom stereocenters. The number of carbonyl (C=O) groups excluding carboxylic acids is 2. The van der Waals surface area contributed by atoms with Crippen LogP contribution in [0, 0.1) is 0 Å². The number of carbonyl (C=O) groups is 2. The standard InChI is InChI=1S/C19H12Br2O4S/c1-24-16-11-10(19(20)21)7-26-18(11)17(25-2)13-12(16)14(22)8-5-3-4-6-9(8)15(13)23/h3-7,19H,1-2H3. The molecule has 0 unspecified atom stereocenters. The van der Waals surface area contributed by atoms with Crippen molar-refractivity contribution in [2.45, 2.75) is 3.74 Å². The van der Waals surface area contributed by atoms with Crippen molar-refractivity contribution in [3.05, 3.63) is 57.5 Å². The van der Waals surface area contributed by atoms with Gasteiger partial charge in [-0.15, -0.1) is 11.3 Å². The molecule has 0 aliphatic heterocycles. The van der Waals surface area contributed by atoms with Gasteiger partial charge >= 0.3 is 0 Å². The Morgan fingerprint density at radius 1 is 0.923 bits per heavy atom. The van der Waals surface area contributed by atoms with E-state index in [0.29, 0.717) is 22.6 Å². The van der Waals surface area contributed by atoms with Crippen LogP contribution in [0.1, 0.15) is 41.1 Å². The Bertz CT molecular complexity index is 1080. The molecule has 0 fully saturated rings. The molecule has 0 spiro atoms. The maximum atomic E-state index is 13.2. The smallest absolute Gasteiger partial charge is 0.198 e. The fourth-order valence-electron chi connectivity index (χ4n) is 3.38. The number of benzene rings is 2. The van der Waals surface area contributed by atoms with Crippen molar-refractivity contribution < 1.29 is 19.1 Å². The predicted molar refractivity (Wildman–Crippen MR) is 109 cm³/mol. The molecule has 0 saturated carbocycles. The van der Waals surface area contributed by atoms with E-state index in [-0.39, 0.29) is 26.4 Å². The average Bonchev–Trinajstić information content (AvgIpc) is 3.09. The Labute approximate surface area is 170 Å². The number of alkyl halides is 2. The third-order valence-corrected chi connectivity index (χ3v) is 6.45. The number of methoxy groups -OCH3 is 2. The summed E-state index contributed by atoms with van der Waals surface area (Å²) >= 11 is 8.48. The zero-order chi connectivity index (χ0) is 18.6. The first kappa shape index (κ1) is 17.7. The topological polar surface area (TPSA) is 52.6 Å². The van der Waals surface area contributed by atoms with Crippen molar-refractivity contribution >= 4 is 64.8 Å². The third kappa shape index (κ3) is 2.30. The first-order valence-corrected chi connectivity index (χ1v) is 10.4. The van der Waals surface area contributed by atoms with Crippen molar-refractivity contribution in [3.63, 3.8) is 0 Å². The first-order chi connectivity index (χ1) is 12.5. The molecule has 4 rings (SSSR count). The van der Waals surface area contributed by atoms with Crippen molar-refractivity contribution in [3.8, 4) is 11.5 Å². The van der Waals surface area contributed by atoms with Crippen molar-refractivity contribution in [2.24, 2.45) is 0 Å². The summed E-state index contributed by atoms with van der Waals surface area (Å²) in [5, 5.41) is 2.73. The molecule has 0 radical (unpaired) electrons. The number of ether oxygens (including phenoxy) is 2. The van der Waals surface area contributed by atoms with Gasteiger partial charge in [0, 0.05) is 16.5 Å². The largest absolute Gasteiger partial charge is 0.495 e. The number of hydrogen-bond acceptors (Lipinski definition) is 5. The van der Waals surface area contributed by atoms with Crippen molar-refractivity contribution in [1.29, 1.82) is 0 Å². The highest BCUT2D eigenvalue weighted by molar-refractivity contribution is 9.24. The zero-order valence-corrected chi connectivity index (χ0v) is 17.7. The summed E-state index contributed by atoms with van der Waals surface area (Å²) in [6.07, 6.45) is 0. The fourth-order valence-corrected chi connectivity index (χ4v) is 5.57. The van der Waals surface area contributed by atoms with Crippen LogP contribution in [0.15, 0.2) is 29.6 Å². The number of ketones is 2. The molecule has 4 nitrogen and oxygen atoms in total. The molecule has 1 aromatic heterocycles. The van der Waals surface area contributed by atoms with Gasteiger partial charge in [-0.3, -0.25) is 9.59 Å². The molecule has 0 saturated heterocycles. The lowest BCUT2D eigenvalue weighted by atomic mass is 9.82. The number of halogens is 2. The lowest BCUT2D eigenvalue weighted by molar-refractivity contribution is 0.0974. The minimum atomic E-state index is -0.231. The van der Waals surface area contributed by atoms with Crippen LogP contribution < -0.4 is 9.47 Å². The first-order valence-electron chi connectivity index (χ1n) is 7.66. The molecule has 1 aliphatic rings. The second kappa shape index (κ2) is 6.48. The second-order valence-corrected chi connectivity index (χ2v) is 9.66.